The maximum atomic E-state index is 13.3. The Morgan fingerprint density at radius 3 is 3.16 bits per heavy atom. The summed E-state index contributed by atoms with van der Waals surface area (Å²) in [6.45, 7) is 2.83. The molecule has 0 unspecified atom stereocenters. The predicted octanol–water partition coefficient (Wildman–Crippen LogP) is 2.26. The zero-order chi connectivity index (χ0) is 13.2. The lowest BCUT2D eigenvalue weighted by Gasteiger charge is -2.17. The Morgan fingerprint density at radius 1 is 1.47 bits per heavy atom. The Bertz CT molecular complexity index is 587. The van der Waals surface area contributed by atoms with E-state index in [1.165, 1.54) is 23.5 Å². The summed E-state index contributed by atoms with van der Waals surface area (Å²) in [6.07, 6.45) is 1.79. The maximum Gasteiger partial charge on any atom is 0.180 e. The van der Waals surface area contributed by atoms with Crippen LogP contribution in [0.15, 0.2) is 24.4 Å². The topological polar surface area (TPSA) is 51.4 Å². The maximum absolute atomic E-state index is 13.3. The van der Waals surface area contributed by atoms with Crippen LogP contribution in [0.2, 0.25) is 0 Å². The number of rotatable bonds is 2. The highest BCUT2D eigenvalue weighted by molar-refractivity contribution is 7.15. The van der Waals surface area contributed by atoms with Gasteiger partial charge in [0.1, 0.15) is 18.2 Å². The number of benzene rings is 1. The molecule has 0 radical (unpaired) electrons. The summed E-state index contributed by atoms with van der Waals surface area (Å²) in [5.74, 6) is 0.541. The van der Waals surface area contributed by atoms with Crippen molar-refractivity contribution < 1.29 is 9.13 Å². The van der Waals surface area contributed by atoms with Gasteiger partial charge in [-0.2, -0.15) is 0 Å². The van der Waals surface area contributed by atoms with Crippen LogP contribution in [0.25, 0.3) is 0 Å². The van der Waals surface area contributed by atoms with E-state index >= 15 is 0 Å². The molecule has 0 spiro atoms. The molecule has 100 valence electrons. The molecule has 19 heavy (non-hydrogen) atoms. The molecule has 0 saturated heterocycles. The number of fused-ring (bicyclic) bond motifs is 1. The lowest BCUT2D eigenvalue weighted by Crippen LogP contribution is -2.24. The number of hydrogen-bond acceptors (Lipinski definition) is 5. The van der Waals surface area contributed by atoms with Crippen molar-refractivity contribution in [3.8, 4) is 5.75 Å². The average molecular weight is 279 g/mol. The van der Waals surface area contributed by atoms with Gasteiger partial charge in [-0.15, -0.1) is 11.3 Å². The van der Waals surface area contributed by atoms with Crippen LogP contribution >= 0.6 is 11.3 Å². The second-order valence-corrected chi connectivity index (χ2v) is 5.62. The second-order valence-electron chi connectivity index (χ2n) is 4.48. The molecule has 1 aromatic heterocycles. The van der Waals surface area contributed by atoms with Crippen molar-refractivity contribution in [3.05, 3.63) is 40.7 Å². The van der Waals surface area contributed by atoms with Gasteiger partial charge in [-0.3, -0.25) is 4.90 Å². The standard InChI is InChI=1S/C13H14FN3OS/c14-10-1-2-12-9(5-10)7-17(3-4-18-12)8-11-6-16-13(15)19-11/h1-2,5-6H,3-4,7-8H2,(H2,15,16). The minimum atomic E-state index is -0.230. The van der Waals surface area contributed by atoms with Gasteiger partial charge in [-0.25, -0.2) is 9.37 Å². The van der Waals surface area contributed by atoms with E-state index in [4.69, 9.17) is 10.5 Å². The van der Waals surface area contributed by atoms with Crippen molar-refractivity contribution in [2.45, 2.75) is 13.1 Å². The van der Waals surface area contributed by atoms with Crippen LogP contribution in [0.1, 0.15) is 10.4 Å². The van der Waals surface area contributed by atoms with Gasteiger partial charge in [-0.05, 0) is 18.2 Å². The van der Waals surface area contributed by atoms with Crippen LogP contribution in [-0.4, -0.2) is 23.0 Å². The van der Waals surface area contributed by atoms with Gasteiger partial charge in [-0.1, -0.05) is 0 Å². The number of nitrogens with zero attached hydrogens (tertiary/aromatic N) is 2. The Kier molecular flexibility index (Phi) is 3.35. The summed E-state index contributed by atoms with van der Waals surface area (Å²) in [7, 11) is 0. The molecule has 2 N–H and O–H groups in total. The van der Waals surface area contributed by atoms with Crippen molar-refractivity contribution >= 4 is 16.5 Å². The molecular weight excluding hydrogens is 265 g/mol. The van der Waals surface area contributed by atoms with E-state index in [1.54, 1.807) is 12.3 Å². The molecule has 3 rings (SSSR count). The minimum absolute atomic E-state index is 0.230. The molecule has 1 aliphatic heterocycles. The zero-order valence-corrected chi connectivity index (χ0v) is 11.1. The van der Waals surface area contributed by atoms with Crippen LogP contribution in [0.5, 0.6) is 5.75 Å². The van der Waals surface area contributed by atoms with E-state index in [1.807, 2.05) is 0 Å². The normalized spacial score (nSPS) is 15.6. The fourth-order valence-electron chi connectivity index (χ4n) is 2.17. The third-order valence-corrected chi connectivity index (χ3v) is 3.84. The molecule has 0 bridgehead atoms. The van der Waals surface area contributed by atoms with E-state index < -0.39 is 0 Å². The van der Waals surface area contributed by atoms with Crippen molar-refractivity contribution in [3.63, 3.8) is 0 Å². The quantitative estimate of drug-likeness (QED) is 0.916. The zero-order valence-electron chi connectivity index (χ0n) is 10.3. The summed E-state index contributed by atoms with van der Waals surface area (Å²) >= 11 is 1.48. The molecule has 0 atom stereocenters. The summed E-state index contributed by atoms with van der Waals surface area (Å²) in [6, 6.07) is 4.66. The molecule has 1 aromatic carbocycles. The molecule has 2 aromatic rings. The Morgan fingerprint density at radius 2 is 2.37 bits per heavy atom. The molecule has 0 fully saturated rings. The van der Waals surface area contributed by atoms with Crippen LogP contribution < -0.4 is 10.5 Å². The summed E-state index contributed by atoms with van der Waals surface area (Å²) in [5.41, 5.74) is 6.51. The number of nitrogens with two attached hydrogens (primary N) is 1. The molecule has 0 saturated carbocycles. The lowest BCUT2D eigenvalue weighted by atomic mass is 10.2. The van der Waals surface area contributed by atoms with Crippen LogP contribution in [0.4, 0.5) is 9.52 Å². The molecular formula is C13H14FN3OS. The third kappa shape index (κ3) is 2.85. The molecule has 6 heteroatoms. The Hall–Kier alpha value is -1.66. The highest BCUT2D eigenvalue weighted by Gasteiger charge is 2.16. The van der Waals surface area contributed by atoms with Gasteiger partial charge in [0, 0.05) is 36.3 Å². The van der Waals surface area contributed by atoms with Gasteiger partial charge in [0.25, 0.3) is 0 Å². The third-order valence-electron chi connectivity index (χ3n) is 3.03. The number of ether oxygens (including phenoxy) is 1. The summed E-state index contributed by atoms with van der Waals surface area (Å²) in [4.78, 5) is 7.36. The van der Waals surface area contributed by atoms with E-state index in [0.717, 1.165) is 29.3 Å². The summed E-state index contributed by atoms with van der Waals surface area (Å²) < 4.78 is 18.9. The van der Waals surface area contributed by atoms with Crippen molar-refractivity contribution in [1.82, 2.24) is 9.88 Å². The first-order chi connectivity index (χ1) is 9.20. The smallest absolute Gasteiger partial charge is 0.180 e. The van der Waals surface area contributed by atoms with Gasteiger partial charge in [0.05, 0.1) is 0 Å². The fraction of sp³-hybridized carbons (Fsp3) is 0.308. The second kappa shape index (κ2) is 5.14. The van der Waals surface area contributed by atoms with Gasteiger partial charge >= 0.3 is 0 Å². The molecule has 0 amide bonds. The lowest BCUT2D eigenvalue weighted by molar-refractivity contribution is 0.221. The van der Waals surface area contributed by atoms with Crippen LogP contribution in [-0.2, 0) is 13.1 Å². The van der Waals surface area contributed by atoms with Crippen LogP contribution in [0, 0.1) is 5.82 Å². The van der Waals surface area contributed by atoms with E-state index in [9.17, 15) is 4.39 Å². The van der Waals surface area contributed by atoms with Gasteiger partial charge < -0.3 is 10.5 Å². The number of hydrogen-bond donors (Lipinski definition) is 1. The highest BCUT2D eigenvalue weighted by Crippen LogP contribution is 2.25. The first-order valence-corrected chi connectivity index (χ1v) is 6.86. The molecule has 4 nitrogen and oxygen atoms in total. The number of aromatic nitrogens is 1. The van der Waals surface area contributed by atoms with Crippen molar-refractivity contribution in [2.24, 2.45) is 0 Å². The summed E-state index contributed by atoms with van der Waals surface area (Å²) in [5, 5.41) is 0.576. The Balaban J connectivity index is 1.77. The van der Waals surface area contributed by atoms with Gasteiger partial charge in [0.2, 0.25) is 0 Å². The average Bonchev–Trinajstić information content (AvgIpc) is 2.67. The number of anilines is 1. The van der Waals surface area contributed by atoms with E-state index in [2.05, 4.69) is 9.88 Å². The van der Waals surface area contributed by atoms with Crippen molar-refractivity contribution in [2.75, 3.05) is 18.9 Å². The number of nitrogen functional groups attached to an aromatic ring is 1. The monoisotopic (exact) mass is 279 g/mol. The fourth-order valence-corrected chi connectivity index (χ4v) is 2.89. The van der Waals surface area contributed by atoms with Crippen LogP contribution in [0.3, 0.4) is 0 Å². The molecule has 1 aliphatic rings. The number of thiazole rings is 1. The molecule has 0 aliphatic carbocycles. The first kappa shape index (κ1) is 12.4. The number of halogens is 1. The predicted molar refractivity (Wildman–Crippen MR) is 72.5 cm³/mol. The van der Waals surface area contributed by atoms with Gasteiger partial charge in [0.15, 0.2) is 5.13 Å². The SMILES string of the molecule is Nc1ncc(CN2CCOc3ccc(F)cc3C2)s1. The van der Waals surface area contributed by atoms with Crippen molar-refractivity contribution in [1.29, 1.82) is 0 Å². The molecule has 2 heterocycles. The largest absolute Gasteiger partial charge is 0.492 e. The van der Waals surface area contributed by atoms with E-state index in [0.29, 0.717) is 18.3 Å². The minimum Gasteiger partial charge on any atom is -0.492 e. The first-order valence-electron chi connectivity index (χ1n) is 6.04. The Labute approximate surface area is 114 Å². The highest BCUT2D eigenvalue weighted by atomic mass is 32.1. The van der Waals surface area contributed by atoms with E-state index in [-0.39, 0.29) is 5.82 Å².